The summed E-state index contributed by atoms with van der Waals surface area (Å²) < 4.78 is 0. The summed E-state index contributed by atoms with van der Waals surface area (Å²) in [5.74, 6) is 0.381. The highest BCUT2D eigenvalue weighted by Gasteiger charge is 2.05. The third-order valence-corrected chi connectivity index (χ3v) is 3.07. The fourth-order valence-electron chi connectivity index (χ4n) is 1.90. The van der Waals surface area contributed by atoms with Crippen LogP contribution < -0.4 is 11.1 Å². The van der Waals surface area contributed by atoms with Crippen molar-refractivity contribution in [2.24, 2.45) is 0 Å². The Morgan fingerprint density at radius 2 is 2.00 bits per heavy atom. The van der Waals surface area contributed by atoms with Crippen LogP contribution in [-0.2, 0) is 6.42 Å². The molecule has 0 saturated heterocycles. The maximum atomic E-state index is 11.9. The number of nitrogens with zero attached hydrogens (tertiary/aromatic N) is 1. The topological polar surface area (TPSA) is 68.0 Å². The molecule has 0 atom stereocenters. The molecule has 1 aromatic carbocycles. The van der Waals surface area contributed by atoms with Crippen LogP contribution in [0.5, 0.6) is 0 Å². The Hall–Kier alpha value is -2.07. The number of hydrogen-bond acceptors (Lipinski definition) is 3. The summed E-state index contributed by atoms with van der Waals surface area (Å²) in [6.45, 7) is 2.48. The minimum Gasteiger partial charge on any atom is -0.384 e. The molecule has 5 heteroatoms. The lowest BCUT2D eigenvalue weighted by Crippen LogP contribution is -2.25. The van der Waals surface area contributed by atoms with E-state index >= 15 is 0 Å². The van der Waals surface area contributed by atoms with Crippen molar-refractivity contribution in [1.29, 1.82) is 0 Å². The number of carbonyl (C=O) groups is 1. The van der Waals surface area contributed by atoms with Gasteiger partial charge >= 0.3 is 0 Å². The molecule has 0 aliphatic rings. The SMILES string of the molecule is Cc1cc(N)nc(CCNC(=O)c2ccc(Cl)cc2)c1. The van der Waals surface area contributed by atoms with Gasteiger partial charge < -0.3 is 11.1 Å². The van der Waals surface area contributed by atoms with Crippen LogP contribution in [0.25, 0.3) is 0 Å². The summed E-state index contributed by atoms with van der Waals surface area (Å²) in [5.41, 5.74) is 8.21. The van der Waals surface area contributed by atoms with Crippen molar-refractivity contribution >= 4 is 23.3 Å². The molecule has 0 aliphatic carbocycles. The monoisotopic (exact) mass is 289 g/mol. The Morgan fingerprint density at radius 1 is 1.30 bits per heavy atom. The molecule has 20 heavy (non-hydrogen) atoms. The van der Waals surface area contributed by atoms with Crippen LogP contribution in [0.1, 0.15) is 21.6 Å². The lowest BCUT2D eigenvalue weighted by molar-refractivity contribution is 0.0954. The van der Waals surface area contributed by atoms with E-state index in [9.17, 15) is 4.79 Å². The van der Waals surface area contributed by atoms with Gasteiger partial charge in [-0.15, -0.1) is 0 Å². The van der Waals surface area contributed by atoms with Crippen LogP contribution in [-0.4, -0.2) is 17.4 Å². The molecule has 2 aromatic rings. The van der Waals surface area contributed by atoms with Crippen LogP contribution in [0.3, 0.4) is 0 Å². The standard InChI is InChI=1S/C15H16ClN3O/c1-10-8-13(19-14(17)9-10)6-7-18-15(20)11-2-4-12(16)5-3-11/h2-5,8-9H,6-7H2,1H3,(H2,17,19)(H,18,20). The molecule has 0 saturated carbocycles. The number of nitrogens with two attached hydrogens (primary N) is 1. The second kappa shape index (κ2) is 6.39. The van der Waals surface area contributed by atoms with E-state index in [1.165, 1.54) is 0 Å². The van der Waals surface area contributed by atoms with E-state index in [-0.39, 0.29) is 5.91 Å². The number of halogens is 1. The van der Waals surface area contributed by atoms with E-state index in [2.05, 4.69) is 10.3 Å². The normalized spacial score (nSPS) is 10.3. The molecule has 2 rings (SSSR count). The molecule has 4 nitrogen and oxygen atoms in total. The van der Waals surface area contributed by atoms with Gasteiger partial charge in [0.1, 0.15) is 5.82 Å². The molecule has 0 radical (unpaired) electrons. The number of rotatable bonds is 4. The van der Waals surface area contributed by atoms with Crippen LogP contribution >= 0.6 is 11.6 Å². The van der Waals surface area contributed by atoms with Gasteiger partial charge in [-0.1, -0.05) is 11.6 Å². The molecule has 0 bridgehead atoms. The fraction of sp³-hybridized carbons (Fsp3) is 0.200. The summed E-state index contributed by atoms with van der Waals surface area (Å²) in [6, 6.07) is 10.6. The van der Waals surface area contributed by atoms with Crippen LogP contribution in [0.2, 0.25) is 5.02 Å². The first kappa shape index (κ1) is 14.3. The number of nitrogens with one attached hydrogen (secondary N) is 1. The molecule has 0 aliphatic heterocycles. The van der Waals surface area contributed by atoms with E-state index < -0.39 is 0 Å². The lowest BCUT2D eigenvalue weighted by atomic mass is 10.2. The summed E-state index contributed by atoms with van der Waals surface area (Å²) in [6.07, 6.45) is 0.644. The molecule has 0 unspecified atom stereocenters. The highest BCUT2D eigenvalue weighted by atomic mass is 35.5. The Bertz CT molecular complexity index is 591. The summed E-state index contributed by atoms with van der Waals surface area (Å²) in [7, 11) is 0. The molecule has 0 fully saturated rings. The zero-order valence-electron chi connectivity index (χ0n) is 11.2. The first-order chi connectivity index (χ1) is 9.54. The van der Waals surface area contributed by atoms with Crippen LogP contribution in [0.4, 0.5) is 5.82 Å². The predicted octanol–water partition coefficient (Wildman–Crippen LogP) is 2.60. The average molecular weight is 290 g/mol. The Balaban J connectivity index is 1.89. The van der Waals surface area contributed by atoms with Crippen LogP contribution in [0, 0.1) is 6.92 Å². The molecule has 3 N–H and O–H groups in total. The van der Waals surface area contributed by atoms with Gasteiger partial charge in [-0.25, -0.2) is 4.98 Å². The van der Waals surface area contributed by atoms with Crippen molar-refractivity contribution in [3.05, 3.63) is 58.2 Å². The number of benzene rings is 1. The van der Waals surface area contributed by atoms with E-state index in [1.807, 2.05) is 19.1 Å². The highest BCUT2D eigenvalue weighted by molar-refractivity contribution is 6.30. The zero-order chi connectivity index (χ0) is 14.5. The highest BCUT2D eigenvalue weighted by Crippen LogP contribution is 2.09. The van der Waals surface area contributed by atoms with Gasteiger partial charge in [0, 0.05) is 29.2 Å². The van der Waals surface area contributed by atoms with E-state index in [0.29, 0.717) is 29.4 Å². The minimum atomic E-state index is -0.123. The first-order valence-corrected chi connectivity index (χ1v) is 6.69. The van der Waals surface area contributed by atoms with Crippen molar-refractivity contribution < 1.29 is 4.79 Å². The third kappa shape index (κ3) is 3.96. The number of aryl methyl sites for hydroxylation is 1. The maximum absolute atomic E-state index is 11.9. The predicted molar refractivity (Wildman–Crippen MR) is 80.9 cm³/mol. The van der Waals surface area contributed by atoms with Gasteiger partial charge in [-0.05, 0) is 48.9 Å². The Labute approximate surface area is 123 Å². The average Bonchev–Trinajstić information content (AvgIpc) is 2.38. The quantitative estimate of drug-likeness (QED) is 0.909. The molecule has 1 amide bonds. The zero-order valence-corrected chi connectivity index (χ0v) is 11.9. The largest absolute Gasteiger partial charge is 0.384 e. The lowest BCUT2D eigenvalue weighted by Gasteiger charge is -2.06. The number of carbonyl (C=O) groups excluding carboxylic acids is 1. The molecule has 104 valence electrons. The van der Waals surface area contributed by atoms with Crippen molar-refractivity contribution in [3.63, 3.8) is 0 Å². The number of pyridine rings is 1. The van der Waals surface area contributed by atoms with Crippen molar-refractivity contribution in [1.82, 2.24) is 10.3 Å². The van der Waals surface area contributed by atoms with Gasteiger partial charge in [-0.3, -0.25) is 4.79 Å². The van der Waals surface area contributed by atoms with Gasteiger partial charge in [0.25, 0.3) is 5.91 Å². The fourth-order valence-corrected chi connectivity index (χ4v) is 2.03. The van der Waals surface area contributed by atoms with E-state index in [1.54, 1.807) is 24.3 Å². The summed E-state index contributed by atoms with van der Waals surface area (Å²) >= 11 is 5.78. The van der Waals surface area contributed by atoms with Crippen molar-refractivity contribution in [3.8, 4) is 0 Å². The first-order valence-electron chi connectivity index (χ1n) is 6.31. The van der Waals surface area contributed by atoms with Gasteiger partial charge in [0.15, 0.2) is 0 Å². The van der Waals surface area contributed by atoms with Crippen molar-refractivity contribution in [2.75, 3.05) is 12.3 Å². The summed E-state index contributed by atoms with van der Waals surface area (Å²) in [4.78, 5) is 16.1. The number of amides is 1. The minimum absolute atomic E-state index is 0.123. The van der Waals surface area contributed by atoms with E-state index in [4.69, 9.17) is 17.3 Å². The molecular formula is C15H16ClN3O. The molecular weight excluding hydrogens is 274 g/mol. The second-order valence-corrected chi connectivity index (χ2v) is 5.01. The maximum Gasteiger partial charge on any atom is 0.251 e. The number of anilines is 1. The van der Waals surface area contributed by atoms with Gasteiger partial charge in [-0.2, -0.15) is 0 Å². The smallest absolute Gasteiger partial charge is 0.251 e. The molecule has 1 aromatic heterocycles. The number of aromatic nitrogens is 1. The van der Waals surface area contributed by atoms with Gasteiger partial charge in [0.05, 0.1) is 0 Å². The Morgan fingerprint density at radius 3 is 2.65 bits per heavy atom. The Kier molecular flexibility index (Phi) is 4.58. The van der Waals surface area contributed by atoms with Gasteiger partial charge in [0.2, 0.25) is 0 Å². The van der Waals surface area contributed by atoms with Crippen LogP contribution in [0.15, 0.2) is 36.4 Å². The second-order valence-electron chi connectivity index (χ2n) is 4.57. The number of hydrogen-bond donors (Lipinski definition) is 2. The van der Waals surface area contributed by atoms with E-state index in [0.717, 1.165) is 11.3 Å². The number of nitrogen functional groups attached to an aromatic ring is 1. The van der Waals surface area contributed by atoms with Crippen molar-refractivity contribution in [2.45, 2.75) is 13.3 Å². The summed E-state index contributed by atoms with van der Waals surface area (Å²) in [5, 5.41) is 3.46. The third-order valence-electron chi connectivity index (χ3n) is 2.82. The molecule has 1 heterocycles. The molecule has 0 spiro atoms.